The van der Waals surface area contributed by atoms with Gasteiger partial charge in [-0.15, -0.1) is 0 Å². The summed E-state index contributed by atoms with van der Waals surface area (Å²) in [4.78, 5) is 37.5. The van der Waals surface area contributed by atoms with E-state index in [9.17, 15) is 19.5 Å². The zero-order valence-corrected chi connectivity index (χ0v) is 59.7. The first-order chi connectivity index (χ1) is 44.6. The summed E-state index contributed by atoms with van der Waals surface area (Å²) in [5, 5.41) is 11.8. The second-order valence-corrected chi connectivity index (χ2v) is 26.2. The van der Waals surface area contributed by atoms with Gasteiger partial charge in [0, 0.05) is 12.8 Å². The topological polar surface area (TPSA) is 111 Å². The predicted octanol–water partition coefficient (Wildman–Crippen LogP) is 22.6. The van der Waals surface area contributed by atoms with Gasteiger partial charge in [-0.2, -0.15) is 0 Å². The minimum absolute atomic E-state index is 0.136. The SMILES string of the molecule is CC/C=C\C/C=C\C/C=C\C/C=C\C/C=C\C/C=C\C/C=C\CCCCCC(=O)OC(COC(=O)CCCCCCCCCCCCCCCCCCCCCCCCCCCC/C=C\C/C=C\C/C=C\CCCCCCC)COC(OCC[N+](C)(C)C)C(=O)[O-]. The second kappa shape index (κ2) is 71.5. The summed E-state index contributed by atoms with van der Waals surface area (Å²) >= 11 is 0. The number of carboxylic acid groups (broad SMARTS) is 1. The first-order valence-corrected chi connectivity index (χ1v) is 37.7. The number of carboxylic acids is 1. The summed E-state index contributed by atoms with van der Waals surface area (Å²) < 4.78 is 22.8. The van der Waals surface area contributed by atoms with Crippen LogP contribution in [-0.2, 0) is 33.3 Å². The maximum Gasteiger partial charge on any atom is 0.306 e. The number of hydrogen-bond acceptors (Lipinski definition) is 8. The van der Waals surface area contributed by atoms with Crippen molar-refractivity contribution in [2.75, 3.05) is 47.5 Å². The Labute approximate surface area is 561 Å². The van der Waals surface area contributed by atoms with Crippen LogP contribution in [0.5, 0.6) is 0 Å². The molecule has 0 aromatic rings. The Kier molecular flexibility index (Phi) is 68.1. The molecular formula is C82H141NO8. The van der Waals surface area contributed by atoms with E-state index < -0.39 is 24.3 Å². The van der Waals surface area contributed by atoms with Crippen molar-refractivity contribution in [2.24, 2.45) is 0 Å². The van der Waals surface area contributed by atoms with Crippen LogP contribution in [0.3, 0.4) is 0 Å². The van der Waals surface area contributed by atoms with E-state index in [0.717, 1.165) is 96.3 Å². The van der Waals surface area contributed by atoms with E-state index >= 15 is 0 Å². The molecule has 0 saturated heterocycles. The number of ether oxygens (including phenoxy) is 4. The van der Waals surface area contributed by atoms with Crippen LogP contribution < -0.4 is 5.11 Å². The van der Waals surface area contributed by atoms with Crippen molar-refractivity contribution in [3.05, 3.63) is 122 Å². The lowest BCUT2D eigenvalue weighted by atomic mass is 10.0. The van der Waals surface area contributed by atoms with Crippen molar-refractivity contribution in [1.82, 2.24) is 0 Å². The average Bonchev–Trinajstić information content (AvgIpc) is 3.46. The van der Waals surface area contributed by atoms with Crippen LogP contribution in [0.2, 0.25) is 0 Å². The molecule has 0 aliphatic carbocycles. The average molecular weight is 1270 g/mol. The number of nitrogens with zero attached hydrogens (tertiary/aromatic N) is 1. The quantitative estimate of drug-likeness (QED) is 0.0195. The van der Waals surface area contributed by atoms with E-state index in [4.69, 9.17) is 18.9 Å². The molecule has 9 heteroatoms. The molecular weight excluding hydrogens is 1130 g/mol. The molecule has 0 rings (SSSR count). The van der Waals surface area contributed by atoms with Gasteiger partial charge in [-0.3, -0.25) is 9.59 Å². The summed E-state index contributed by atoms with van der Waals surface area (Å²) in [7, 11) is 5.92. The zero-order valence-electron chi connectivity index (χ0n) is 59.7. The van der Waals surface area contributed by atoms with E-state index in [0.29, 0.717) is 17.4 Å². The Balaban J connectivity index is 4.04. The van der Waals surface area contributed by atoms with Gasteiger partial charge in [0.2, 0.25) is 0 Å². The van der Waals surface area contributed by atoms with Crippen LogP contribution in [0.1, 0.15) is 322 Å². The van der Waals surface area contributed by atoms with Crippen LogP contribution in [0.15, 0.2) is 122 Å². The molecule has 0 radical (unpaired) electrons. The molecule has 0 fully saturated rings. The number of esters is 2. The minimum atomic E-state index is -1.64. The van der Waals surface area contributed by atoms with Gasteiger partial charge < -0.3 is 33.3 Å². The van der Waals surface area contributed by atoms with Gasteiger partial charge in [-0.05, 0) is 109 Å². The lowest BCUT2D eigenvalue weighted by Gasteiger charge is -2.26. The number of aliphatic carboxylic acids is 1. The van der Waals surface area contributed by atoms with Gasteiger partial charge in [-0.25, -0.2) is 0 Å². The van der Waals surface area contributed by atoms with Crippen molar-refractivity contribution >= 4 is 17.9 Å². The Morgan fingerprint density at radius 1 is 0.341 bits per heavy atom. The number of quaternary nitrogens is 1. The lowest BCUT2D eigenvalue weighted by Crippen LogP contribution is -2.44. The fraction of sp³-hybridized carbons (Fsp3) is 0.720. The zero-order chi connectivity index (χ0) is 66.1. The van der Waals surface area contributed by atoms with Crippen molar-refractivity contribution in [2.45, 2.75) is 334 Å². The van der Waals surface area contributed by atoms with Crippen LogP contribution in [0, 0.1) is 0 Å². The third-order valence-electron chi connectivity index (χ3n) is 16.2. The molecule has 0 saturated carbocycles. The number of hydrogen-bond donors (Lipinski definition) is 0. The van der Waals surface area contributed by atoms with Gasteiger partial charge in [0.05, 0.1) is 40.3 Å². The molecule has 0 aliphatic heterocycles. The minimum Gasteiger partial charge on any atom is -0.545 e. The fourth-order valence-corrected chi connectivity index (χ4v) is 10.5. The van der Waals surface area contributed by atoms with E-state index in [2.05, 4.69) is 135 Å². The van der Waals surface area contributed by atoms with E-state index in [1.54, 1.807) is 0 Å². The maximum absolute atomic E-state index is 12.9. The molecule has 0 aromatic heterocycles. The third kappa shape index (κ3) is 73.0. The molecule has 0 aromatic carbocycles. The molecule has 2 atom stereocenters. The summed E-state index contributed by atoms with van der Waals surface area (Å²) in [5.74, 6) is -2.33. The second-order valence-electron chi connectivity index (χ2n) is 26.2. The molecule has 2 unspecified atom stereocenters. The third-order valence-corrected chi connectivity index (χ3v) is 16.2. The molecule has 522 valence electrons. The highest BCUT2D eigenvalue weighted by Crippen LogP contribution is 2.18. The van der Waals surface area contributed by atoms with E-state index in [-0.39, 0.29) is 38.6 Å². The van der Waals surface area contributed by atoms with Crippen molar-refractivity contribution in [1.29, 1.82) is 0 Å². The Morgan fingerprint density at radius 2 is 0.626 bits per heavy atom. The van der Waals surface area contributed by atoms with E-state index in [1.165, 1.54) is 193 Å². The Bertz CT molecular complexity index is 1910. The summed E-state index contributed by atoms with van der Waals surface area (Å²) in [5.41, 5.74) is 0. The van der Waals surface area contributed by atoms with Crippen molar-refractivity contribution in [3.63, 3.8) is 0 Å². The predicted molar refractivity (Wildman–Crippen MR) is 389 cm³/mol. The van der Waals surface area contributed by atoms with Gasteiger partial charge in [0.15, 0.2) is 12.4 Å². The highest BCUT2D eigenvalue weighted by Gasteiger charge is 2.22. The van der Waals surface area contributed by atoms with Crippen LogP contribution >= 0.6 is 0 Å². The summed E-state index contributed by atoms with van der Waals surface area (Å²) in [6.07, 6.45) is 98.9. The standard InChI is InChI=1S/C82H141NO8/c1-6-8-10-12-14-16-18-20-22-24-26-28-30-32-33-34-35-36-37-38-39-40-41-42-43-44-45-46-47-49-50-52-54-56-58-60-62-64-66-68-70-72-79(84)89-76-78(77-90-82(81(86)87)88-75-74-83(3,4)5)91-80(85)73-71-69-67-65-63-61-59-57-55-53-51-48-31-29-27-25-23-21-19-17-15-13-11-9-7-2/h9,11,15,17-18,20-21,23-24,26-27,29-30,32,48,51,55,57,61,63,78,82H,6-8,10,12-14,16,19,22,25,28,31,33-47,49-50,52-54,56,58-60,62,64-77H2,1-5H3/b11-9-,17-15-,20-18-,23-21-,26-24-,29-27-,32-30-,51-48-,57-55-,63-61-. The Morgan fingerprint density at radius 3 is 0.945 bits per heavy atom. The molecule has 0 amide bonds. The van der Waals surface area contributed by atoms with Gasteiger partial charge in [-0.1, -0.05) is 322 Å². The molecule has 0 aliphatic rings. The molecule has 0 N–H and O–H groups in total. The van der Waals surface area contributed by atoms with Crippen LogP contribution in [0.25, 0.3) is 0 Å². The van der Waals surface area contributed by atoms with Crippen LogP contribution in [0.4, 0.5) is 0 Å². The normalized spacial score (nSPS) is 13.4. The number of carbonyl (C=O) groups is 3. The number of rotatable bonds is 69. The smallest absolute Gasteiger partial charge is 0.306 e. The highest BCUT2D eigenvalue weighted by atomic mass is 16.7. The highest BCUT2D eigenvalue weighted by molar-refractivity contribution is 5.70. The molecule has 0 bridgehead atoms. The lowest BCUT2D eigenvalue weighted by molar-refractivity contribution is -0.870. The number of carbonyl (C=O) groups excluding carboxylic acids is 3. The largest absolute Gasteiger partial charge is 0.545 e. The van der Waals surface area contributed by atoms with Gasteiger partial charge in [0.1, 0.15) is 13.2 Å². The molecule has 91 heavy (non-hydrogen) atoms. The molecule has 9 nitrogen and oxygen atoms in total. The fourth-order valence-electron chi connectivity index (χ4n) is 10.5. The van der Waals surface area contributed by atoms with Crippen molar-refractivity contribution < 1.29 is 42.9 Å². The monoisotopic (exact) mass is 1270 g/mol. The number of allylic oxidation sites excluding steroid dienone is 20. The van der Waals surface area contributed by atoms with Crippen LogP contribution in [-0.4, -0.2) is 82.3 Å². The first kappa shape index (κ1) is 86.7. The van der Waals surface area contributed by atoms with E-state index in [1.807, 2.05) is 21.1 Å². The van der Waals surface area contributed by atoms with Gasteiger partial charge >= 0.3 is 11.9 Å². The van der Waals surface area contributed by atoms with Gasteiger partial charge in [0.25, 0.3) is 0 Å². The first-order valence-electron chi connectivity index (χ1n) is 37.7. The molecule has 0 heterocycles. The maximum atomic E-state index is 12.9. The van der Waals surface area contributed by atoms with Crippen molar-refractivity contribution in [3.8, 4) is 0 Å². The summed E-state index contributed by atoms with van der Waals surface area (Å²) in [6.45, 7) is 4.60. The number of likely N-dealkylation sites (N-methyl/N-ethyl adjacent to an activating group) is 1. The summed E-state index contributed by atoms with van der Waals surface area (Å²) in [6, 6.07) is 0. The Hall–Kier alpha value is -4.31. The number of unbranched alkanes of at least 4 members (excludes halogenated alkanes) is 34. The molecule has 0 spiro atoms.